The Kier molecular flexibility index (Phi) is 6.41. The lowest BCUT2D eigenvalue weighted by Crippen LogP contribution is -2.36. The van der Waals surface area contributed by atoms with Crippen LogP contribution in [0, 0.1) is 12.8 Å². The number of ether oxygens (including phenoxy) is 1. The van der Waals surface area contributed by atoms with Crippen molar-refractivity contribution in [3.8, 4) is 0 Å². The van der Waals surface area contributed by atoms with Gasteiger partial charge in [0.2, 0.25) is 5.91 Å². The second kappa shape index (κ2) is 8.31. The van der Waals surface area contributed by atoms with Crippen molar-refractivity contribution in [1.29, 1.82) is 0 Å². The zero-order valence-corrected chi connectivity index (χ0v) is 13.4. The number of nitrogens with one attached hydrogen (secondary N) is 1. The Hall–Kier alpha value is -1.18. The lowest BCUT2D eigenvalue weighted by molar-refractivity contribution is -0.118. The number of hydrogen-bond acceptors (Lipinski definition) is 6. The molecule has 0 saturated carbocycles. The summed E-state index contributed by atoms with van der Waals surface area (Å²) in [4.78, 5) is 22.5. The lowest BCUT2D eigenvalue weighted by Gasteiger charge is -2.19. The van der Waals surface area contributed by atoms with E-state index in [1.165, 1.54) is 11.8 Å². The highest BCUT2D eigenvalue weighted by molar-refractivity contribution is 7.99. The second-order valence-corrected chi connectivity index (χ2v) is 6.22. The van der Waals surface area contributed by atoms with Gasteiger partial charge in [0.15, 0.2) is 5.16 Å². The summed E-state index contributed by atoms with van der Waals surface area (Å²) < 4.78 is 5.53. The fourth-order valence-corrected chi connectivity index (χ4v) is 2.82. The summed E-state index contributed by atoms with van der Waals surface area (Å²) in [5, 5.41) is 3.60. The van der Waals surface area contributed by atoms with Gasteiger partial charge in [-0.1, -0.05) is 11.8 Å². The molecule has 0 spiro atoms. The van der Waals surface area contributed by atoms with Crippen LogP contribution in [0.3, 0.4) is 0 Å². The fraction of sp³-hybridized carbons (Fsp3) is 0.643. The van der Waals surface area contributed by atoms with Gasteiger partial charge in [-0.2, -0.15) is 0 Å². The zero-order valence-electron chi connectivity index (χ0n) is 12.5. The van der Waals surface area contributed by atoms with Crippen molar-refractivity contribution in [2.24, 2.45) is 5.92 Å². The number of thioether (sulfide) groups is 1. The molecule has 2 rings (SSSR count). The van der Waals surface area contributed by atoms with E-state index in [1.807, 2.05) is 13.0 Å². The smallest absolute Gasteiger partial charge is 0.230 e. The maximum Gasteiger partial charge on any atom is 0.230 e. The molecule has 1 N–H and O–H groups in total. The third-order valence-corrected chi connectivity index (χ3v) is 4.10. The number of rotatable bonds is 5. The van der Waals surface area contributed by atoms with Crippen molar-refractivity contribution in [3.05, 3.63) is 18.0 Å². The minimum atomic E-state index is 0.0111. The average molecular weight is 310 g/mol. The summed E-state index contributed by atoms with van der Waals surface area (Å²) in [5.74, 6) is 0.700. The Labute approximate surface area is 129 Å². The molecular formula is C14H22N4O2S. The number of carbonyl (C=O) groups is 1. The van der Waals surface area contributed by atoms with Crippen LogP contribution >= 0.6 is 11.8 Å². The number of aromatic nitrogens is 2. The normalized spacial score (nSPS) is 20.0. The molecule has 0 unspecified atom stereocenters. The van der Waals surface area contributed by atoms with E-state index in [4.69, 9.17) is 4.74 Å². The standard InChI is InChI=1S/C14H22N4O2S/c1-11-3-4-15-14(17-11)21-10-13(19)16-7-12-8-18(2)5-6-20-9-12/h3-4,12H,5-10H2,1-2H3,(H,16,19)/t12-/m0/s1. The molecule has 1 amide bonds. The van der Waals surface area contributed by atoms with Crippen LogP contribution in [0.4, 0.5) is 0 Å². The molecule has 0 radical (unpaired) electrons. The molecule has 2 heterocycles. The molecule has 7 heteroatoms. The first-order valence-electron chi connectivity index (χ1n) is 7.09. The van der Waals surface area contributed by atoms with Crippen LogP contribution in [-0.4, -0.2) is 66.4 Å². The van der Waals surface area contributed by atoms with Gasteiger partial charge in [0, 0.05) is 37.4 Å². The first kappa shape index (κ1) is 16.2. The molecule has 1 saturated heterocycles. The summed E-state index contributed by atoms with van der Waals surface area (Å²) in [6.07, 6.45) is 1.71. The van der Waals surface area contributed by atoms with E-state index < -0.39 is 0 Å². The second-order valence-electron chi connectivity index (χ2n) is 5.28. The Morgan fingerprint density at radius 3 is 3.29 bits per heavy atom. The maximum absolute atomic E-state index is 11.9. The van der Waals surface area contributed by atoms with E-state index in [1.54, 1.807) is 6.20 Å². The SMILES string of the molecule is Cc1ccnc(SCC(=O)NC[C@@H]2COCCN(C)C2)n1. The highest BCUT2D eigenvalue weighted by Crippen LogP contribution is 2.11. The van der Waals surface area contributed by atoms with Crippen molar-refractivity contribution in [3.63, 3.8) is 0 Å². The lowest BCUT2D eigenvalue weighted by atomic mass is 10.1. The molecule has 116 valence electrons. The van der Waals surface area contributed by atoms with Crippen molar-refractivity contribution >= 4 is 17.7 Å². The molecule has 6 nitrogen and oxygen atoms in total. The van der Waals surface area contributed by atoms with Crippen LogP contribution in [-0.2, 0) is 9.53 Å². The summed E-state index contributed by atoms with van der Waals surface area (Å²) in [5.41, 5.74) is 0.909. The largest absolute Gasteiger partial charge is 0.380 e. The predicted molar refractivity (Wildman–Crippen MR) is 82.3 cm³/mol. The molecule has 0 bridgehead atoms. The molecule has 1 aliphatic rings. The number of hydrogen-bond donors (Lipinski definition) is 1. The summed E-state index contributed by atoms with van der Waals surface area (Å²) in [7, 11) is 2.08. The van der Waals surface area contributed by atoms with Gasteiger partial charge in [-0.3, -0.25) is 4.79 Å². The predicted octanol–water partition coefficient (Wildman–Crippen LogP) is 0.572. The third-order valence-electron chi connectivity index (χ3n) is 3.23. The van der Waals surface area contributed by atoms with Crippen LogP contribution in [0.25, 0.3) is 0 Å². The molecule has 1 aromatic rings. The Bertz CT molecular complexity index is 472. The number of amides is 1. The molecule has 1 aromatic heterocycles. The number of nitrogens with zero attached hydrogens (tertiary/aromatic N) is 3. The van der Waals surface area contributed by atoms with E-state index in [0.717, 1.165) is 25.4 Å². The van der Waals surface area contributed by atoms with Gasteiger partial charge >= 0.3 is 0 Å². The highest BCUT2D eigenvalue weighted by Gasteiger charge is 2.16. The monoisotopic (exact) mass is 310 g/mol. The minimum Gasteiger partial charge on any atom is -0.380 e. The van der Waals surface area contributed by atoms with Gasteiger partial charge in [-0.15, -0.1) is 0 Å². The number of aryl methyl sites for hydroxylation is 1. The quantitative estimate of drug-likeness (QED) is 0.633. The van der Waals surface area contributed by atoms with Gasteiger partial charge in [0.1, 0.15) is 0 Å². The van der Waals surface area contributed by atoms with Crippen molar-refractivity contribution in [2.45, 2.75) is 12.1 Å². The summed E-state index contributed by atoms with van der Waals surface area (Å²) >= 11 is 1.36. The number of carbonyl (C=O) groups excluding carboxylic acids is 1. The van der Waals surface area contributed by atoms with E-state index in [2.05, 4.69) is 27.2 Å². The van der Waals surface area contributed by atoms with Gasteiger partial charge < -0.3 is 15.0 Å². The van der Waals surface area contributed by atoms with Gasteiger partial charge in [0.05, 0.1) is 19.0 Å². The highest BCUT2D eigenvalue weighted by atomic mass is 32.2. The molecule has 1 aliphatic heterocycles. The van der Waals surface area contributed by atoms with Gasteiger partial charge in [0.25, 0.3) is 0 Å². The van der Waals surface area contributed by atoms with E-state index in [9.17, 15) is 4.79 Å². The maximum atomic E-state index is 11.9. The average Bonchev–Trinajstić information content (AvgIpc) is 2.67. The van der Waals surface area contributed by atoms with Crippen molar-refractivity contribution < 1.29 is 9.53 Å². The number of likely N-dealkylation sites (N-methyl/N-ethyl adjacent to an activating group) is 1. The van der Waals surface area contributed by atoms with Gasteiger partial charge in [-0.25, -0.2) is 9.97 Å². The molecule has 1 atom stereocenters. The first-order chi connectivity index (χ1) is 10.1. The Morgan fingerprint density at radius 1 is 1.62 bits per heavy atom. The third kappa shape index (κ3) is 5.99. The van der Waals surface area contributed by atoms with E-state index >= 15 is 0 Å². The molecule has 0 aromatic carbocycles. The van der Waals surface area contributed by atoms with E-state index in [0.29, 0.717) is 30.0 Å². The molecule has 21 heavy (non-hydrogen) atoms. The van der Waals surface area contributed by atoms with Crippen LogP contribution in [0.5, 0.6) is 0 Å². The minimum absolute atomic E-state index is 0.0111. The van der Waals surface area contributed by atoms with Crippen molar-refractivity contribution in [2.75, 3.05) is 45.6 Å². The van der Waals surface area contributed by atoms with Crippen LogP contribution in [0.15, 0.2) is 17.4 Å². The zero-order chi connectivity index (χ0) is 15.1. The van der Waals surface area contributed by atoms with Crippen LogP contribution < -0.4 is 5.32 Å². The molecular weight excluding hydrogens is 288 g/mol. The van der Waals surface area contributed by atoms with Crippen molar-refractivity contribution in [1.82, 2.24) is 20.2 Å². The topological polar surface area (TPSA) is 67.3 Å². The van der Waals surface area contributed by atoms with E-state index in [-0.39, 0.29) is 5.91 Å². The fourth-order valence-electron chi connectivity index (χ4n) is 2.11. The van der Waals surface area contributed by atoms with Crippen LogP contribution in [0.1, 0.15) is 5.69 Å². The summed E-state index contributed by atoms with van der Waals surface area (Å²) in [6.45, 7) is 5.94. The Balaban J connectivity index is 1.69. The summed E-state index contributed by atoms with van der Waals surface area (Å²) in [6, 6.07) is 1.84. The van der Waals surface area contributed by atoms with Gasteiger partial charge in [-0.05, 0) is 20.0 Å². The first-order valence-corrected chi connectivity index (χ1v) is 8.07. The Morgan fingerprint density at radius 2 is 2.48 bits per heavy atom. The van der Waals surface area contributed by atoms with Crippen LogP contribution in [0.2, 0.25) is 0 Å². The molecule has 0 aliphatic carbocycles. The molecule has 1 fully saturated rings.